The van der Waals surface area contributed by atoms with Gasteiger partial charge in [0.25, 0.3) is 0 Å². The van der Waals surface area contributed by atoms with E-state index in [1.807, 2.05) is 79.7 Å². The highest BCUT2D eigenvalue weighted by Crippen LogP contribution is 2.50. The third-order valence-electron chi connectivity index (χ3n) is 25.3. The van der Waals surface area contributed by atoms with Crippen LogP contribution in [0.2, 0.25) is 0 Å². The Morgan fingerprint density at radius 3 is 0.858 bits per heavy atom. The second kappa shape index (κ2) is 43.9. The zero-order chi connectivity index (χ0) is 96.7. The number of hydrogen-bond donors (Lipinski definition) is 4. The standard InChI is InChI=1S/4C24H38N2O4/c4*1-14(2)9-17-13-26-8-7-16-10-21(28-5)22(29-6)11-18(16)19(26)12-20(17)30-24(27)23(25)15(3)4/h4*10-11,14-15,17,19-20,23H,7-9,12-13,25H2,1-6H3/t4*17?,19?,20?,23-/m0000/s1/i5D3,20D;5D3,19D;2*19D. The van der Waals surface area contributed by atoms with Crippen molar-refractivity contribution in [1.29, 1.82) is 0 Å². The van der Waals surface area contributed by atoms with Crippen LogP contribution in [0.15, 0.2) is 48.5 Å². The Labute approximate surface area is 732 Å². The summed E-state index contributed by atoms with van der Waals surface area (Å²) in [5, 5.41) is 0. The Hall–Kier alpha value is -7.16. The molecule has 16 atom stereocenters. The van der Waals surface area contributed by atoms with Crippen LogP contribution in [0.5, 0.6) is 46.0 Å². The maximum Gasteiger partial charge on any atom is 0.323 e. The summed E-state index contributed by atoms with van der Waals surface area (Å²) in [7, 11) is 4.19. The number of ether oxygens (including phenoxy) is 12. The summed E-state index contributed by atoms with van der Waals surface area (Å²) >= 11 is 0. The maximum atomic E-state index is 12.8. The summed E-state index contributed by atoms with van der Waals surface area (Å²) in [5.74, 6) is 3.73. The van der Waals surface area contributed by atoms with Gasteiger partial charge in [-0.1, -0.05) is 111 Å². The lowest BCUT2D eigenvalue weighted by Gasteiger charge is -2.47. The van der Waals surface area contributed by atoms with Gasteiger partial charge in [0.05, 0.1) is 70.4 Å². The van der Waals surface area contributed by atoms with E-state index in [-0.39, 0.29) is 94.8 Å². The highest BCUT2D eigenvalue weighted by molar-refractivity contribution is 5.77. The molecule has 8 aliphatic heterocycles. The van der Waals surface area contributed by atoms with Gasteiger partial charge in [-0.15, -0.1) is 0 Å². The van der Waals surface area contributed by atoms with Crippen LogP contribution in [-0.2, 0) is 63.8 Å². The number of esters is 4. The summed E-state index contributed by atoms with van der Waals surface area (Å²) in [6.07, 6.45) is 5.54. The normalized spacial score (nSPS) is 28.8. The molecule has 0 aliphatic carbocycles. The van der Waals surface area contributed by atoms with Crippen molar-refractivity contribution in [3.8, 4) is 46.0 Å². The fourth-order valence-electron chi connectivity index (χ4n) is 18.4. The largest absolute Gasteiger partial charge is 0.493 e. The van der Waals surface area contributed by atoms with Gasteiger partial charge < -0.3 is 79.8 Å². The van der Waals surface area contributed by atoms with Gasteiger partial charge >= 0.3 is 23.9 Å². The van der Waals surface area contributed by atoms with E-state index in [2.05, 4.69) is 75.0 Å². The SMILES string of the molecule is [2H]C([2H])([2H])Oc1cc2c(cc1OC)C1([2H])CC(OC(=O)[C@@H](N)C(C)C)C(CC(C)C)CN1CC2.[2H]C([2H])([2H])Oc1cc2c(cc1OC)C1CC([2H])(OC(=O)[C@@H](N)C(C)C)C(CC(C)C)CN1CC2.[2H]C12CC(OC(=O)[C@@H](N)C(C)C)C(CC(C)C)CN1CCc1cc(OC)c(OC)cc12.[2H]C12CC(OC(=O)[C@@H](N)C(C)C)C(CC(C)C)CN1CCc1cc(OC)c(OC)cc12. The molecule has 12 rings (SSSR count). The Bertz CT molecular complexity index is 4360. The van der Waals surface area contributed by atoms with E-state index in [0.29, 0.717) is 104 Å². The molecule has 4 aromatic carbocycles. The molecule has 0 saturated carbocycles. The number of methoxy groups -OCH3 is 8. The van der Waals surface area contributed by atoms with E-state index < -0.39 is 80.4 Å². The van der Waals surface area contributed by atoms with Crippen LogP contribution >= 0.6 is 0 Å². The van der Waals surface area contributed by atoms with Crippen molar-refractivity contribution in [3.05, 3.63) is 93.0 Å². The lowest BCUT2D eigenvalue weighted by atomic mass is 9.79. The molecule has 4 aromatic rings. The summed E-state index contributed by atoms with van der Waals surface area (Å²) in [4.78, 5) is 59.9. The quantitative estimate of drug-likeness (QED) is 0.0303. The minimum atomic E-state index is -2.61. The van der Waals surface area contributed by atoms with Gasteiger partial charge in [-0.05, 0) is 192 Å². The number of nitrogens with zero attached hydrogens (tertiary/aromatic N) is 4. The van der Waals surface area contributed by atoms with E-state index in [0.717, 1.165) is 122 Å². The van der Waals surface area contributed by atoms with Crippen molar-refractivity contribution in [2.24, 2.45) is 93.9 Å². The number of hydrogen-bond acceptors (Lipinski definition) is 24. The molecule has 0 bridgehead atoms. The van der Waals surface area contributed by atoms with Gasteiger partial charge in [0, 0.05) is 126 Å². The number of piperidine rings is 4. The Morgan fingerprint density at radius 1 is 0.342 bits per heavy atom. The molecule has 4 saturated heterocycles. The number of fused-ring (bicyclic) bond motifs is 12. The third kappa shape index (κ3) is 23.8. The van der Waals surface area contributed by atoms with Gasteiger partial charge in [0.2, 0.25) is 0 Å². The molecule has 24 nitrogen and oxygen atoms in total. The molecule has 8 aliphatic rings. The molecule has 8 heterocycles. The highest BCUT2D eigenvalue weighted by atomic mass is 16.6. The highest BCUT2D eigenvalue weighted by Gasteiger charge is 2.47. The van der Waals surface area contributed by atoms with Crippen molar-refractivity contribution in [2.75, 3.05) is 109 Å². The summed E-state index contributed by atoms with van der Waals surface area (Å²) in [5.41, 5.74) is 31.7. The first-order chi connectivity index (χ1) is 60.7. The molecule has 120 heavy (non-hydrogen) atoms. The molecule has 12 unspecified atom stereocenters. The molecular formula is C96H152N8O16. The topological polar surface area (TPSA) is 296 Å². The van der Waals surface area contributed by atoms with Gasteiger partial charge in [-0.2, -0.15) is 0 Å². The summed E-state index contributed by atoms with van der Waals surface area (Å²) in [6, 6.07) is 8.67. The van der Waals surface area contributed by atoms with Crippen molar-refractivity contribution < 1.29 is 89.7 Å². The number of carbonyl (C=O) groups excluding carboxylic acids is 4. The first-order valence-corrected chi connectivity index (χ1v) is 43.9. The molecule has 0 spiro atoms. The molecular weight excluding hydrogens is 1520 g/mol. The van der Waals surface area contributed by atoms with Crippen molar-refractivity contribution in [1.82, 2.24) is 19.6 Å². The lowest BCUT2D eigenvalue weighted by molar-refractivity contribution is -0.161. The van der Waals surface area contributed by atoms with E-state index in [1.54, 1.807) is 52.7 Å². The van der Waals surface area contributed by atoms with Crippen LogP contribution in [0, 0.1) is 71.0 Å². The van der Waals surface area contributed by atoms with Crippen LogP contribution in [0.3, 0.4) is 0 Å². The van der Waals surface area contributed by atoms with Gasteiger partial charge in [-0.3, -0.25) is 38.8 Å². The molecule has 4 fully saturated rings. The predicted octanol–water partition coefficient (Wildman–Crippen LogP) is 14.3. The zero-order valence-electron chi connectivity index (χ0n) is 85.9. The Morgan fingerprint density at radius 2 is 0.583 bits per heavy atom. The summed E-state index contributed by atoms with van der Waals surface area (Å²) in [6.45, 7) is 38.1. The number of rotatable bonds is 28. The molecule has 0 amide bonds. The fourth-order valence-corrected chi connectivity index (χ4v) is 18.4. The fraction of sp³-hybridized carbons (Fsp3) is 0.708. The summed E-state index contributed by atoms with van der Waals surface area (Å²) < 4.78 is 150. The number of nitrogens with two attached hydrogens (primary N) is 4. The van der Waals surface area contributed by atoms with Crippen LogP contribution < -0.4 is 60.8 Å². The molecule has 24 heteroatoms. The monoisotopic (exact) mass is 1680 g/mol. The molecule has 672 valence electrons. The van der Waals surface area contributed by atoms with Gasteiger partial charge in [0.1, 0.15) is 48.6 Å². The second-order valence-corrected chi connectivity index (χ2v) is 37.2. The van der Waals surface area contributed by atoms with Crippen LogP contribution in [-0.4, -0.2) is 201 Å². The molecule has 0 radical (unpaired) electrons. The smallest absolute Gasteiger partial charge is 0.323 e. The van der Waals surface area contributed by atoms with Crippen LogP contribution in [0.1, 0.15) is 244 Å². The van der Waals surface area contributed by atoms with Gasteiger partial charge in [0.15, 0.2) is 46.0 Å². The van der Waals surface area contributed by atoms with Crippen molar-refractivity contribution >= 4 is 23.9 Å². The minimum Gasteiger partial charge on any atom is -0.493 e. The van der Waals surface area contributed by atoms with Crippen LogP contribution in [0.4, 0.5) is 0 Å². The Kier molecular flexibility index (Phi) is 30.2. The average molecular weight is 1680 g/mol. The average Bonchev–Trinajstić information content (AvgIpc) is 0.736. The van der Waals surface area contributed by atoms with Crippen molar-refractivity contribution in [2.45, 2.75) is 260 Å². The maximum absolute atomic E-state index is 12.8. The molecule has 0 aromatic heterocycles. The number of benzene rings is 4. The first-order valence-electron chi connectivity index (χ1n) is 48.9. The van der Waals surface area contributed by atoms with E-state index in [1.165, 1.54) is 14.2 Å². The number of carbonyl (C=O) groups is 4. The zero-order valence-corrected chi connectivity index (χ0v) is 75.9. The van der Waals surface area contributed by atoms with Gasteiger partial charge in [-0.25, -0.2) is 0 Å². The van der Waals surface area contributed by atoms with Crippen molar-refractivity contribution in [3.63, 3.8) is 0 Å². The lowest BCUT2D eigenvalue weighted by Crippen LogP contribution is -2.51. The van der Waals surface area contributed by atoms with Crippen LogP contribution in [0.25, 0.3) is 0 Å². The molecule has 8 N–H and O–H groups in total. The predicted molar refractivity (Wildman–Crippen MR) is 471 cm³/mol. The third-order valence-corrected chi connectivity index (χ3v) is 25.3. The van der Waals surface area contributed by atoms with E-state index in [4.69, 9.17) is 88.0 Å². The Balaban J connectivity index is 0.000000195. The van der Waals surface area contributed by atoms with E-state index >= 15 is 0 Å². The first kappa shape index (κ1) is 82.4. The second-order valence-electron chi connectivity index (χ2n) is 37.2. The minimum absolute atomic E-state index is 0.00762. The van der Waals surface area contributed by atoms with E-state index in [9.17, 15) is 24.7 Å².